The Morgan fingerprint density at radius 1 is 1.23 bits per heavy atom. The predicted molar refractivity (Wildman–Crippen MR) is 90.4 cm³/mol. The Hall–Kier alpha value is -2.28. The third-order valence-corrected chi connectivity index (χ3v) is 3.25. The molecule has 0 saturated heterocycles. The van der Waals surface area contributed by atoms with E-state index in [-0.39, 0.29) is 17.0 Å². The molecule has 22 heavy (non-hydrogen) atoms. The van der Waals surface area contributed by atoms with Crippen molar-refractivity contribution in [2.45, 2.75) is 53.0 Å². The van der Waals surface area contributed by atoms with Crippen molar-refractivity contribution < 1.29 is 4.79 Å². The number of nitrogens with one attached hydrogen (secondary N) is 2. The fourth-order valence-electron chi connectivity index (χ4n) is 2.02. The lowest BCUT2D eigenvalue weighted by atomic mass is 10.0. The molecule has 0 unspecified atom stereocenters. The Morgan fingerprint density at radius 3 is 2.18 bits per heavy atom. The van der Waals surface area contributed by atoms with Crippen LogP contribution in [0.15, 0.2) is 30.0 Å². The van der Waals surface area contributed by atoms with Crippen LogP contribution in [0.1, 0.15) is 45.7 Å². The van der Waals surface area contributed by atoms with E-state index in [1.807, 2.05) is 58.9 Å². The SMILES string of the molecule is CCc1cccc(CC)c1NC(=O)/C(C#N)=C\NC(C)(C)C. The molecule has 0 radical (unpaired) electrons. The molecule has 1 amide bonds. The highest BCUT2D eigenvalue weighted by molar-refractivity contribution is 6.07. The fourth-order valence-corrected chi connectivity index (χ4v) is 2.02. The van der Waals surface area contributed by atoms with Gasteiger partial charge in [-0.25, -0.2) is 0 Å². The van der Waals surface area contributed by atoms with Gasteiger partial charge < -0.3 is 10.6 Å². The highest BCUT2D eigenvalue weighted by atomic mass is 16.1. The molecule has 0 atom stereocenters. The molecule has 4 nitrogen and oxygen atoms in total. The molecule has 1 aromatic rings. The maximum atomic E-state index is 12.4. The molecule has 4 heteroatoms. The summed E-state index contributed by atoms with van der Waals surface area (Å²) in [6.07, 6.45) is 3.14. The molecule has 2 N–H and O–H groups in total. The maximum absolute atomic E-state index is 12.4. The van der Waals surface area contributed by atoms with Crippen LogP contribution >= 0.6 is 0 Å². The van der Waals surface area contributed by atoms with Crippen molar-refractivity contribution in [1.29, 1.82) is 5.26 Å². The Kier molecular flexibility index (Phi) is 6.18. The number of aryl methyl sites for hydroxylation is 2. The maximum Gasteiger partial charge on any atom is 0.267 e. The van der Waals surface area contributed by atoms with E-state index in [4.69, 9.17) is 0 Å². The first-order chi connectivity index (χ1) is 10.3. The summed E-state index contributed by atoms with van der Waals surface area (Å²) in [5.74, 6) is -0.380. The third kappa shape index (κ3) is 4.92. The highest BCUT2D eigenvalue weighted by Gasteiger charge is 2.15. The minimum absolute atomic E-state index is 0.0721. The van der Waals surface area contributed by atoms with E-state index in [0.29, 0.717) is 0 Å². The van der Waals surface area contributed by atoms with Crippen LogP contribution in [0.5, 0.6) is 0 Å². The van der Waals surface area contributed by atoms with Gasteiger partial charge in [-0.15, -0.1) is 0 Å². The normalized spacial score (nSPS) is 11.7. The zero-order chi connectivity index (χ0) is 16.8. The molecule has 0 heterocycles. The number of carbonyl (C=O) groups excluding carboxylic acids is 1. The highest BCUT2D eigenvalue weighted by Crippen LogP contribution is 2.23. The topological polar surface area (TPSA) is 64.9 Å². The number of nitrogens with zero attached hydrogens (tertiary/aromatic N) is 1. The van der Waals surface area contributed by atoms with Gasteiger partial charge in [0.1, 0.15) is 11.6 Å². The molecule has 118 valence electrons. The Bertz CT molecular complexity index is 581. The number of hydrogen-bond acceptors (Lipinski definition) is 3. The second-order valence-electron chi connectivity index (χ2n) is 6.18. The van der Waals surface area contributed by atoms with Crippen LogP contribution in [0.25, 0.3) is 0 Å². The standard InChI is InChI=1S/C18H25N3O/c1-6-13-9-8-10-14(7-2)16(13)21-17(22)15(11-19)12-20-18(3,4)5/h8-10,12,20H,6-7H2,1-5H3,(H,21,22)/b15-12-. The van der Waals surface area contributed by atoms with Gasteiger partial charge in [0.15, 0.2) is 0 Å². The zero-order valence-electron chi connectivity index (χ0n) is 14.1. The quantitative estimate of drug-likeness (QED) is 0.645. The number of carbonyl (C=O) groups is 1. The minimum Gasteiger partial charge on any atom is -0.385 e. The Labute approximate surface area is 133 Å². The summed E-state index contributed by atoms with van der Waals surface area (Å²) < 4.78 is 0. The van der Waals surface area contributed by atoms with E-state index in [0.717, 1.165) is 29.7 Å². The van der Waals surface area contributed by atoms with E-state index < -0.39 is 0 Å². The lowest BCUT2D eigenvalue weighted by Crippen LogP contribution is -2.32. The number of nitriles is 1. The van der Waals surface area contributed by atoms with E-state index in [1.165, 1.54) is 6.20 Å². The number of rotatable bonds is 5. The van der Waals surface area contributed by atoms with E-state index >= 15 is 0 Å². The van der Waals surface area contributed by atoms with Gasteiger partial charge in [0, 0.05) is 17.4 Å². The van der Waals surface area contributed by atoms with Crippen LogP contribution in [-0.4, -0.2) is 11.4 Å². The molecule has 1 rings (SSSR count). The van der Waals surface area contributed by atoms with Crippen molar-refractivity contribution in [3.63, 3.8) is 0 Å². The molecular formula is C18H25N3O. The Morgan fingerprint density at radius 2 is 1.77 bits per heavy atom. The molecular weight excluding hydrogens is 274 g/mol. The van der Waals surface area contributed by atoms with Crippen molar-refractivity contribution in [1.82, 2.24) is 5.32 Å². The second kappa shape index (κ2) is 7.65. The lowest BCUT2D eigenvalue weighted by molar-refractivity contribution is -0.112. The number of benzene rings is 1. The second-order valence-corrected chi connectivity index (χ2v) is 6.18. The van der Waals surface area contributed by atoms with E-state index in [9.17, 15) is 10.1 Å². The van der Waals surface area contributed by atoms with Crippen molar-refractivity contribution in [3.05, 3.63) is 41.1 Å². The van der Waals surface area contributed by atoms with Gasteiger partial charge in [-0.3, -0.25) is 4.79 Å². The predicted octanol–water partition coefficient (Wildman–Crippen LogP) is 3.55. The van der Waals surface area contributed by atoms with Gasteiger partial charge in [0.2, 0.25) is 0 Å². The number of anilines is 1. The molecule has 0 fully saturated rings. The monoisotopic (exact) mass is 299 g/mol. The molecule has 0 spiro atoms. The van der Waals surface area contributed by atoms with Crippen LogP contribution in [0.4, 0.5) is 5.69 Å². The summed E-state index contributed by atoms with van der Waals surface area (Å²) in [7, 11) is 0. The van der Waals surface area contributed by atoms with Gasteiger partial charge in [-0.2, -0.15) is 5.26 Å². The molecule has 0 aliphatic heterocycles. The first kappa shape index (κ1) is 17.8. The number of para-hydroxylation sites is 1. The average molecular weight is 299 g/mol. The van der Waals surface area contributed by atoms with Gasteiger partial charge in [-0.05, 0) is 44.7 Å². The molecule has 0 aliphatic carbocycles. The van der Waals surface area contributed by atoms with Crippen LogP contribution in [0.3, 0.4) is 0 Å². The summed E-state index contributed by atoms with van der Waals surface area (Å²) in [5, 5.41) is 15.2. The Balaban J connectivity index is 3.04. The van der Waals surface area contributed by atoms with Crippen LogP contribution in [0, 0.1) is 11.3 Å². The summed E-state index contributed by atoms with van der Waals surface area (Å²) >= 11 is 0. The first-order valence-corrected chi connectivity index (χ1v) is 7.62. The lowest BCUT2D eigenvalue weighted by Gasteiger charge is -2.19. The summed E-state index contributed by atoms with van der Waals surface area (Å²) in [6, 6.07) is 7.95. The van der Waals surface area contributed by atoms with Gasteiger partial charge in [0.25, 0.3) is 5.91 Å². The summed E-state index contributed by atoms with van der Waals surface area (Å²) in [6.45, 7) is 10.0. The van der Waals surface area contributed by atoms with Gasteiger partial charge >= 0.3 is 0 Å². The van der Waals surface area contributed by atoms with Crippen LogP contribution in [0.2, 0.25) is 0 Å². The van der Waals surface area contributed by atoms with Crippen molar-refractivity contribution in [2.24, 2.45) is 0 Å². The third-order valence-electron chi connectivity index (χ3n) is 3.25. The average Bonchev–Trinajstić information content (AvgIpc) is 2.46. The van der Waals surface area contributed by atoms with Gasteiger partial charge in [-0.1, -0.05) is 32.0 Å². The van der Waals surface area contributed by atoms with E-state index in [2.05, 4.69) is 10.6 Å². The fraction of sp³-hybridized carbons (Fsp3) is 0.444. The largest absolute Gasteiger partial charge is 0.385 e. The molecule has 0 aromatic heterocycles. The molecule has 1 aromatic carbocycles. The van der Waals surface area contributed by atoms with Crippen molar-refractivity contribution in [2.75, 3.05) is 5.32 Å². The molecule has 0 aliphatic rings. The number of amides is 1. The van der Waals surface area contributed by atoms with Crippen LogP contribution in [-0.2, 0) is 17.6 Å². The van der Waals surface area contributed by atoms with Crippen LogP contribution < -0.4 is 10.6 Å². The molecule has 0 bridgehead atoms. The van der Waals surface area contributed by atoms with Crippen molar-refractivity contribution in [3.8, 4) is 6.07 Å². The van der Waals surface area contributed by atoms with Crippen molar-refractivity contribution >= 4 is 11.6 Å². The number of hydrogen-bond donors (Lipinski definition) is 2. The first-order valence-electron chi connectivity index (χ1n) is 7.62. The van der Waals surface area contributed by atoms with E-state index in [1.54, 1.807) is 0 Å². The van der Waals surface area contributed by atoms with Gasteiger partial charge in [0.05, 0.1) is 0 Å². The summed E-state index contributed by atoms with van der Waals surface area (Å²) in [5.41, 5.74) is 2.86. The smallest absolute Gasteiger partial charge is 0.267 e. The zero-order valence-corrected chi connectivity index (χ0v) is 14.1. The molecule has 0 saturated carbocycles. The minimum atomic E-state index is -0.380. The summed E-state index contributed by atoms with van der Waals surface area (Å²) in [4.78, 5) is 12.4.